The molecule has 0 aromatic heterocycles. The van der Waals surface area contributed by atoms with E-state index in [0.717, 1.165) is 32.5 Å². The van der Waals surface area contributed by atoms with E-state index in [0.29, 0.717) is 6.04 Å². The van der Waals surface area contributed by atoms with Crippen LogP contribution in [0.25, 0.3) is 0 Å². The van der Waals surface area contributed by atoms with E-state index in [1.54, 1.807) is 7.11 Å². The molecule has 1 atom stereocenters. The highest BCUT2D eigenvalue weighted by atomic mass is 16.5. The molecule has 1 aliphatic heterocycles. The first-order chi connectivity index (χ1) is 7.31. The van der Waals surface area contributed by atoms with E-state index in [1.165, 1.54) is 12.8 Å². The zero-order valence-electron chi connectivity index (χ0n) is 9.37. The minimum atomic E-state index is 0.0973. The maximum Gasteiger partial charge on any atom is 0.239 e. The van der Waals surface area contributed by atoms with Crippen LogP contribution in [-0.4, -0.2) is 49.7 Å². The molecule has 1 saturated heterocycles. The first-order valence-corrected chi connectivity index (χ1v) is 5.85. The summed E-state index contributed by atoms with van der Waals surface area (Å²) in [5.41, 5.74) is 0. The van der Waals surface area contributed by atoms with Crippen molar-refractivity contribution in [3.8, 4) is 0 Å². The third-order valence-electron chi connectivity index (χ3n) is 3.09. The summed E-state index contributed by atoms with van der Waals surface area (Å²) in [6.45, 7) is 2.49. The number of methoxy groups -OCH3 is 1. The predicted molar refractivity (Wildman–Crippen MR) is 57.6 cm³/mol. The normalized spacial score (nSPS) is 26.3. The van der Waals surface area contributed by atoms with Gasteiger partial charge >= 0.3 is 0 Å². The first-order valence-electron chi connectivity index (χ1n) is 5.85. The van der Waals surface area contributed by atoms with Gasteiger partial charge in [-0.3, -0.25) is 4.79 Å². The zero-order chi connectivity index (χ0) is 10.7. The number of nitrogens with zero attached hydrogens (tertiary/aromatic N) is 1. The molecule has 4 heteroatoms. The number of carbonyl (C=O) groups excluding carboxylic acids is 1. The van der Waals surface area contributed by atoms with Gasteiger partial charge in [0.05, 0.1) is 6.04 Å². The van der Waals surface area contributed by atoms with Gasteiger partial charge in [0, 0.05) is 32.8 Å². The molecule has 1 amide bonds. The molecule has 1 unspecified atom stereocenters. The van der Waals surface area contributed by atoms with Crippen LogP contribution >= 0.6 is 0 Å². The number of hydrogen-bond donors (Lipinski definition) is 1. The average Bonchev–Trinajstić information content (AvgIpc) is 2.98. The Balaban J connectivity index is 1.70. The van der Waals surface area contributed by atoms with Gasteiger partial charge in [0.2, 0.25) is 5.91 Å². The van der Waals surface area contributed by atoms with Crippen molar-refractivity contribution in [2.45, 2.75) is 37.8 Å². The third-order valence-corrected chi connectivity index (χ3v) is 3.09. The highest BCUT2D eigenvalue weighted by molar-refractivity contribution is 5.84. The number of amides is 1. The minimum absolute atomic E-state index is 0.0973. The lowest BCUT2D eigenvalue weighted by molar-refractivity contribution is -0.129. The predicted octanol–water partition coefficient (Wildman–Crippen LogP) is 0.376. The topological polar surface area (TPSA) is 41.6 Å². The fourth-order valence-electron chi connectivity index (χ4n) is 2.05. The summed E-state index contributed by atoms with van der Waals surface area (Å²) in [6, 6.07) is 0.720. The van der Waals surface area contributed by atoms with Gasteiger partial charge in [0.25, 0.3) is 0 Å². The number of ether oxygens (including phenoxy) is 1. The van der Waals surface area contributed by atoms with Crippen molar-refractivity contribution in [2.24, 2.45) is 0 Å². The lowest BCUT2D eigenvalue weighted by Crippen LogP contribution is -2.39. The molecule has 0 spiro atoms. The Hall–Kier alpha value is -0.610. The molecule has 1 heterocycles. The van der Waals surface area contributed by atoms with E-state index in [-0.39, 0.29) is 11.9 Å². The molecule has 1 N–H and O–H groups in total. The molecule has 2 aliphatic rings. The second-order valence-corrected chi connectivity index (χ2v) is 4.45. The van der Waals surface area contributed by atoms with Crippen LogP contribution in [0.1, 0.15) is 25.7 Å². The molecule has 2 fully saturated rings. The molecule has 0 radical (unpaired) electrons. The van der Waals surface area contributed by atoms with Crippen LogP contribution in [0.3, 0.4) is 0 Å². The first kappa shape index (κ1) is 10.9. The van der Waals surface area contributed by atoms with Crippen LogP contribution in [0.15, 0.2) is 0 Å². The van der Waals surface area contributed by atoms with Crippen molar-refractivity contribution in [3.05, 3.63) is 0 Å². The third kappa shape index (κ3) is 2.92. The second-order valence-electron chi connectivity index (χ2n) is 4.45. The monoisotopic (exact) mass is 212 g/mol. The summed E-state index contributed by atoms with van der Waals surface area (Å²) in [4.78, 5) is 13.8. The van der Waals surface area contributed by atoms with Gasteiger partial charge in [-0.05, 0) is 25.7 Å². The van der Waals surface area contributed by atoms with Crippen molar-refractivity contribution in [3.63, 3.8) is 0 Å². The molecule has 2 rings (SSSR count). The van der Waals surface area contributed by atoms with E-state index >= 15 is 0 Å². The van der Waals surface area contributed by atoms with E-state index in [4.69, 9.17) is 4.74 Å². The molecule has 0 bridgehead atoms. The van der Waals surface area contributed by atoms with Crippen LogP contribution in [0, 0.1) is 0 Å². The largest absolute Gasteiger partial charge is 0.385 e. The van der Waals surface area contributed by atoms with E-state index < -0.39 is 0 Å². The molecule has 0 aromatic carbocycles. The van der Waals surface area contributed by atoms with Crippen molar-refractivity contribution < 1.29 is 9.53 Å². The molecular weight excluding hydrogens is 192 g/mol. The van der Waals surface area contributed by atoms with Gasteiger partial charge in [0.15, 0.2) is 0 Å². The van der Waals surface area contributed by atoms with Crippen molar-refractivity contribution in [2.75, 3.05) is 26.8 Å². The molecule has 15 heavy (non-hydrogen) atoms. The Kier molecular flexibility index (Phi) is 3.59. The lowest BCUT2D eigenvalue weighted by atomic mass is 10.2. The van der Waals surface area contributed by atoms with Crippen molar-refractivity contribution in [1.82, 2.24) is 10.2 Å². The van der Waals surface area contributed by atoms with Crippen LogP contribution in [-0.2, 0) is 9.53 Å². The maximum absolute atomic E-state index is 11.9. The number of rotatable bonds is 6. The smallest absolute Gasteiger partial charge is 0.239 e. The number of likely N-dealkylation sites (tertiary alicyclic amines) is 1. The van der Waals surface area contributed by atoms with E-state index in [9.17, 15) is 4.79 Å². The van der Waals surface area contributed by atoms with E-state index in [2.05, 4.69) is 5.32 Å². The van der Waals surface area contributed by atoms with Gasteiger partial charge in [-0.1, -0.05) is 0 Å². The van der Waals surface area contributed by atoms with Gasteiger partial charge in [0.1, 0.15) is 0 Å². The standard InChI is InChI=1S/C11H20N2O2/c1-15-8-2-6-13-7-5-10(11(13)14)12-9-3-4-9/h9-10,12H,2-8H2,1H3. The van der Waals surface area contributed by atoms with Gasteiger partial charge in [-0.15, -0.1) is 0 Å². The van der Waals surface area contributed by atoms with E-state index in [1.807, 2.05) is 4.90 Å². The number of hydrogen-bond acceptors (Lipinski definition) is 3. The Morgan fingerprint density at radius 2 is 2.27 bits per heavy atom. The summed E-state index contributed by atoms with van der Waals surface area (Å²) < 4.78 is 4.98. The summed E-state index contributed by atoms with van der Waals surface area (Å²) in [7, 11) is 1.70. The second kappa shape index (κ2) is 4.94. The molecular formula is C11H20N2O2. The van der Waals surface area contributed by atoms with Gasteiger partial charge in [-0.25, -0.2) is 0 Å². The Morgan fingerprint density at radius 3 is 2.93 bits per heavy atom. The lowest BCUT2D eigenvalue weighted by Gasteiger charge is -2.16. The van der Waals surface area contributed by atoms with Crippen LogP contribution in [0.5, 0.6) is 0 Å². The van der Waals surface area contributed by atoms with Crippen LogP contribution in [0.4, 0.5) is 0 Å². The Bertz CT molecular complexity index is 229. The summed E-state index contributed by atoms with van der Waals surface area (Å²) in [5, 5.41) is 3.40. The van der Waals surface area contributed by atoms with Crippen molar-refractivity contribution >= 4 is 5.91 Å². The number of nitrogens with one attached hydrogen (secondary N) is 1. The molecule has 86 valence electrons. The fourth-order valence-corrected chi connectivity index (χ4v) is 2.05. The SMILES string of the molecule is COCCCN1CCC(NC2CC2)C1=O. The zero-order valence-corrected chi connectivity index (χ0v) is 9.37. The Morgan fingerprint density at radius 1 is 1.47 bits per heavy atom. The summed E-state index contributed by atoms with van der Waals surface area (Å²) in [5.74, 6) is 0.290. The fraction of sp³-hybridized carbons (Fsp3) is 0.909. The quantitative estimate of drug-likeness (QED) is 0.647. The average molecular weight is 212 g/mol. The Labute approximate surface area is 91.0 Å². The van der Waals surface area contributed by atoms with Crippen molar-refractivity contribution in [1.29, 1.82) is 0 Å². The summed E-state index contributed by atoms with van der Waals surface area (Å²) in [6.07, 6.45) is 4.40. The van der Waals surface area contributed by atoms with Crippen LogP contribution in [0.2, 0.25) is 0 Å². The molecule has 0 aromatic rings. The highest BCUT2D eigenvalue weighted by Crippen LogP contribution is 2.22. The maximum atomic E-state index is 11.9. The van der Waals surface area contributed by atoms with Gasteiger partial charge in [-0.2, -0.15) is 0 Å². The molecule has 1 saturated carbocycles. The van der Waals surface area contributed by atoms with Gasteiger partial charge < -0.3 is 15.0 Å². The summed E-state index contributed by atoms with van der Waals surface area (Å²) >= 11 is 0. The molecule has 4 nitrogen and oxygen atoms in total. The highest BCUT2D eigenvalue weighted by Gasteiger charge is 2.34. The molecule has 1 aliphatic carbocycles. The minimum Gasteiger partial charge on any atom is -0.385 e. The van der Waals surface area contributed by atoms with Crippen LogP contribution < -0.4 is 5.32 Å². The number of carbonyl (C=O) groups is 1.